The Morgan fingerprint density at radius 3 is 2.35 bits per heavy atom. The van der Waals surface area contributed by atoms with Gasteiger partial charge in [0.2, 0.25) is 0 Å². The summed E-state index contributed by atoms with van der Waals surface area (Å²) in [5, 5.41) is 19.5. The molecule has 1 aliphatic rings. The van der Waals surface area contributed by atoms with Crippen LogP contribution in [0.4, 0.5) is 0 Å². The molecule has 1 fully saturated rings. The van der Waals surface area contributed by atoms with Gasteiger partial charge < -0.3 is 29.7 Å². The number of ether oxygens (including phenoxy) is 3. The molecule has 1 heterocycles. The van der Waals surface area contributed by atoms with E-state index in [0.717, 1.165) is 18.7 Å². The summed E-state index contributed by atoms with van der Waals surface area (Å²) in [6.07, 6.45) is 0.823. The number of carbonyl (C=O) groups is 2. The molecule has 0 bridgehead atoms. The fourth-order valence-electron chi connectivity index (χ4n) is 2.76. The zero-order valence-corrected chi connectivity index (χ0v) is 17.6. The number of carboxylic acid groups (broad SMARTS) is 2. The first-order valence-electron chi connectivity index (χ1n) is 9.42. The Kier molecular flexibility index (Phi) is 9.83. The number of methoxy groups -OCH3 is 1. The second-order valence-corrected chi connectivity index (χ2v) is 6.78. The monoisotopic (exact) mass is 449 g/mol. The number of hydrogen-bond acceptors (Lipinski definition) is 6. The van der Waals surface area contributed by atoms with Crippen LogP contribution in [0, 0.1) is 0 Å². The van der Waals surface area contributed by atoms with Gasteiger partial charge in [-0.2, -0.15) is 0 Å². The van der Waals surface area contributed by atoms with E-state index >= 15 is 0 Å². The molecule has 0 spiro atoms. The maximum atomic E-state index is 9.55. The maximum Gasteiger partial charge on any atom is 0.328 e. The van der Waals surface area contributed by atoms with Crippen molar-refractivity contribution in [2.45, 2.75) is 12.2 Å². The molecule has 166 valence electrons. The molecular formula is C22H24ClNO7. The van der Waals surface area contributed by atoms with E-state index < -0.39 is 11.9 Å². The first-order chi connectivity index (χ1) is 14.9. The number of rotatable bonds is 7. The van der Waals surface area contributed by atoms with E-state index in [0.29, 0.717) is 35.3 Å². The molecule has 0 aliphatic carbocycles. The zero-order chi connectivity index (χ0) is 22.6. The van der Waals surface area contributed by atoms with Crippen LogP contribution in [0.2, 0.25) is 5.02 Å². The number of carboxylic acids is 2. The van der Waals surface area contributed by atoms with Gasteiger partial charge in [0.25, 0.3) is 0 Å². The average molecular weight is 450 g/mol. The number of benzene rings is 2. The molecule has 3 rings (SSSR count). The summed E-state index contributed by atoms with van der Waals surface area (Å²) in [6, 6.07) is 15.5. The van der Waals surface area contributed by atoms with Gasteiger partial charge in [-0.1, -0.05) is 41.9 Å². The van der Waals surface area contributed by atoms with Gasteiger partial charge in [0.15, 0.2) is 6.10 Å². The van der Waals surface area contributed by atoms with Gasteiger partial charge >= 0.3 is 11.9 Å². The molecule has 3 N–H and O–H groups in total. The molecule has 2 aromatic rings. The molecule has 2 aromatic carbocycles. The summed E-state index contributed by atoms with van der Waals surface area (Å²) < 4.78 is 17.3. The third kappa shape index (κ3) is 8.29. The lowest BCUT2D eigenvalue weighted by atomic mass is 10.0. The van der Waals surface area contributed by atoms with Crippen LogP contribution in [-0.4, -0.2) is 55.1 Å². The molecule has 9 heteroatoms. The Hall–Kier alpha value is -3.07. The highest BCUT2D eigenvalue weighted by Gasteiger charge is 2.28. The second kappa shape index (κ2) is 12.6. The SMILES string of the molecule is COc1ccc(O[C@@H](c2ccccc2)[C@@H]2CNCCO2)c(Cl)c1.O=C(O)/C=C/C(=O)O. The average Bonchev–Trinajstić information content (AvgIpc) is 2.78. The smallest absolute Gasteiger partial charge is 0.328 e. The first kappa shape index (κ1) is 24.2. The fourth-order valence-corrected chi connectivity index (χ4v) is 2.98. The van der Waals surface area contributed by atoms with E-state index in [4.69, 9.17) is 36.0 Å². The van der Waals surface area contributed by atoms with Gasteiger partial charge in [-0.25, -0.2) is 9.59 Å². The van der Waals surface area contributed by atoms with E-state index in [2.05, 4.69) is 5.32 Å². The zero-order valence-electron chi connectivity index (χ0n) is 16.9. The quantitative estimate of drug-likeness (QED) is 0.552. The Bertz CT molecular complexity index is 867. The lowest BCUT2D eigenvalue weighted by Gasteiger charge is -2.31. The highest BCUT2D eigenvalue weighted by molar-refractivity contribution is 6.32. The van der Waals surface area contributed by atoms with E-state index in [-0.39, 0.29) is 12.2 Å². The third-order valence-corrected chi connectivity index (χ3v) is 4.48. The lowest BCUT2D eigenvalue weighted by Crippen LogP contribution is -2.43. The summed E-state index contributed by atoms with van der Waals surface area (Å²) >= 11 is 6.32. The molecule has 0 unspecified atom stereocenters. The molecule has 1 aliphatic heterocycles. The van der Waals surface area contributed by atoms with Gasteiger partial charge in [0.1, 0.15) is 17.6 Å². The Morgan fingerprint density at radius 2 is 1.84 bits per heavy atom. The molecule has 0 amide bonds. The molecule has 0 aromatic heterocycles. The van der Waals surface area contributed by atoms with Gasteiger partial charge in [0.05, 0.1) is 18.7 Å². The normalized spacial score (nSPS) is 16.6. The van der Waals surface area contributed by atoms with E-state index in [1.165, 1.54) is 0 Å². The van der Waals surface area contributed by atoms with E-state index in [1.807, 2.05) is 42.5 Å². The minimum Gasteiger partial charge on any atom is -0.497 e. The van der Waals surface area contributed by atoms with Crippen molar-refractivity contribution in [3.8, 4) is 11.5 Å². The minimum absolute atomic E-state index is 0.0654. The number of hydrogen-bond donors (Lipinski definition) is 3. The van der Waals surface area contributed by atoms with Crippen molar-refractivity contribution in [1.82, 2.24) is 5.32 Å². The Labute approximate surface area is 185 Å². The minimum atomic E-state index is -1.26. The molecule has 2 atom stereocenters. The number of nitrogens with one attached hydrogen (secondary N) is 1. The predicted octanol–water partition coefficient (Wildman–Crippen LogP) is 3.17. The van der Waals surface area contributed by atoms with Gasteiger partial charge in [0, 0.05) is 31.3 Å². The van der Waals surface area contributed by atoms with Crippen LogP contribution < -0.4 is 14.8 Å². The topological polar surface area (TPSA) is 114 Å². The Balaban J connectivity index is 0.000000366. The van der Waals surface area contributed by atoms with E-state index in [9.17, 15) is 9.59 Å². The van der Waals surface area contributed by atoms with Crippen LogP contribution in [0.5, 0.6) is 11.5 Å². The highest BCUT2D eigenvalue weighted by Crippen LogP contribution is 2.34. The van der Waals surface area contributed by atoms with Crippen LogP contribution in [0.1, 0.15) is 11.7 Å². The fraction of sp³-hybridized carbons (Fsp3) is 0.273. The molecular weight excluding hydrogens is 426 g/mol. The first-order valence-corrected chi connectivity index (χ1v) is 9.80. The molecule has 0 radical (unpaired) electrons. The number of aliphatic carboxylic acids is 2. The highest BCUT2D eigenvalue weighted by atomic mass is 35.5. The van der Waals surface area contributed by atoms with Crippen molar-refractivity contribution < 1.29 is 34.0 Å². The molecule has 1 saturated heterocycles. The van der Waals surface area contributed by atoms with Crippen molar-refractivity contribution in [1.29, 1.82) is 0 Å². The van der Waals surface area contributed by atoms with Crippen LogP contribution in [0.25, 0.3) is 0 Å². The standard InChI is InChI=1S/C18H20ClNO3.C4H4O4/c1-21-14-7-8-16(15(19)11-14)23-18(13-5-3-2-4-6-13)17-12-20-9-10-22-17;5-3(6)1-2-4(7)8/h2-8,11,17-18,20H,9-10,12H2,1H3;1-2H,(H,5,6)(H,7,8)/b;2-1+/t17-,18-;/m0./s1. The van der Waals surface area contributed by atoms with E-state index in [1.54, 1.807) is 13.2 Å². The van der Waals surface area contributed by atoms with Gasteiger partial charge in [-0.15, -0.1) is 0 Å². The van der Waals surface area contributed by atoms with Crippen LogP contribution in [0.3, 0.4) is 0 Å². The van der Waals surface area contributed by atoms with Crippen LogP contribution in [0.15, 0.2) is 60.7 Å². The molecule has 31 heavy (non-hydrogen) atoms. The summed E-state index contributed by atoms with van der Waals surface area (Å²) in [5.74, 6) is -1.19. The van der Waals surface area contributed by atoms with Crippen molar-refractivity contribution >= 4 is 23.5 Å². The third-order valence-electron chi connectivity index (χ3n) is 4.18. The number of morpholine rings is 1. The van der Waals surface area contributed by atoms with Crippen LogP contribution >= 0.6 is 11.6 Å². The lowest BCUT2D eigenvalue weighted by molar-refractivity contribution is -0.134. The van der Waals surface area contributed by atoms with Gasteiger partial charge in [-0.05, 0) is 17.7 Å². The number of halogens is 1. The summed E-state index contributed by atoms with van der Waals surface area (Å²) in [4.78, 5) is 19.1. The van der Waals surface area contributed by atoms with Crippen LogP contribution in [-0.2, 0) is 14.3 Å². The van der Waals surface area contributed by atoms with Crippen molar-refractivity contribution in [2.24, 2.45) is 0 Å². The second-order valence-electron chi connectivity index (χ2n) is 6.37. The summed E-state index contributed by atoms with van der Waals surface area (Å²) in [7, 11) is 1.61. The molecule has 0 saturated carbocycles. The predicted molar refractivity (Wildman–Crippen MR) is 115 cm³/mol. The van der Waals surface area contributed by atoms with Crippen molar-refractivity contribution in [3.05, 3.63) is 71.3 Å². The van der Waals surface area contributed by atoms with Crippen molar-refractivity contribution in [2.75, 3.05) is 26.8 Å². The summed E-state index contributed by atoms with van der Waals surface area (Å²) in [5.41, 5.74) is 1.06. The largest absolute Gasteiger partial charge is 0.497 e. The van der Waals surface area contributed by atoms with Crippen molar-refractivity contribution in [3.63, 3.8) is 0 Å². The summed E-state index contributed by atoms with van der Waals surface area (Å²) in [6.45, 7) is 2.28. The molecule has 8 nitrogen and oxygen atoms in total. The Morgan fingerprint density at radius 1 is 1.16 bits per heavy atom. The van der Waals surface area contributed by atoms with Gasteiger partial charge in [-0.3, -0.25) is 0 Å². The maximum absolute atomic E-state index is 9.55.